The van der Waals surface area contributed by atoms with Crippen LogP contribution in [-0.2, 0) is 19.3 Å². The first kappa shape index (κ1) is 22.1. The van der Waals surface area contributed by atoms with Crippen molar-refractivity contribution in [3.63, 3.8) is 0 Å². The number of primary amides is 1. The lowest BCUT2D eigenvalue weighted by atomic mass is 10.1. The second-order valence-electron chi connectivity index (χ2n) is 6.58. The third kappa shape index (κ3) is 5.51. The zero-order valence-corrected chi connectivity index (χ0v) is 16.1. The number of ether oxygens (including phenoxy) is 1. The highest BCUT2D eigenvalue weighted by atomic mass is 19.4. The number of hydroxylamine groups is 2. The lowest BCUT2D eigenvalue weighted by Crippen LogP contribution is -2.32. The molecule has 0 aliphatic carbocycles. The first-order valence-corrected chi connectivity index (χ1v) is 8.85. The van der Waals surface area contributed by atoms with Gasteiger partial charge in [0.25, 0.3) is 0 Å². The van der Waals surface area contributed by atoms with Crippen molar-refractivity contribution in [2.24, 2.45) is 5.73 Å². The molecule has 0 bridgehead atoms. The lowest BCUT2D eigenvalue weighted by Gasteiger charge is -2.13. The van der Waals surface area contributed by atoms with Crippen LogP contribution in [0.2, 0.25) is 0 Å². The smallest absolute Gasteiger partial charge is 0.416 e. The highest BCUT2D eigenvalue weighted by Crippen LogP contribution is 2.31. The third-order valence-corrected chi connectivity index (χ3v) is 4.25. The molecule has 0 saturated heterocycles. The summed E-state index contributed by atoms with van der Waals surface area (Å²) in [6.45, 7) is 1.15. The van der Waals surface area contributed by atoms with Crippen LogP contribution in [0.25, 0.3) is 11.5 Å². The quantitative estimate of drug-likeness (QED) is 0.331. The number of urea groups is 1. The maximum atomic E-state index is 13.8. The normalized spacial score (nSPS) is 11.4. The molecule has 0 radical (unpaired) electrons. The summed E-state index contributed by atoms with van der Waals surface area (Å²) in [5.41, 5.74) is 5.09. The monoisotopic (exact) mass is 439 g/mol. The number of oxazole rings is 1. The Balaban J connectivity index is 1.73. The zero-order valence-electron chi connectivity index (χ0n) is 16.1. The van der Waals surface area contributed by atoms with E-state index in [9.17, 15) is 27.6 Å². The van der Waals surface area contributed by atoms with Crippen LogP contribution in [0.3, 0.4) is 0 Å². The van der Waals surface area contributed by atoms with E-state index in [1.54, 1.807) is 6.92 Å². The molecule has 0 unspecified atom stereocenters. The molecule has 3 N–H and O–H groups in total. The van der Waals surface area contributed by atoms with Gasteiger partial charge in [0.05, 0.1) is 12.1 Å². The first-order valence-electron chi connectivity index (χ1n) is 8.85. The summed E-state index contributed by atoms with van der Waals surface area (Å²) in [4.78, 5) is 15.1. The van der Waals surface area contributed by atoms with E-state index in [2.05, 4.69) is 4.98 Å². The van der Waals surface area contributed by atoms with Crippen LogP contribution in [0.4, 0.5) is 22.4 Å². The molecule has 0 aliphatic heterocycles. The molecule has 0 atom stereocenters. The summed E-state index contributed by atoms with van der Waals surface area (Å²) >= 11 is 0. The SMILES string of the molecule is Cc1oc(-c2ccc(C(F)(F)F)cc2)nc1COc1cc(F)cc(CN(O)C(N)=O)c1. The number of hydrogen-bond acceptors (Lipinski definition) is 5. The minimum Gasteiger partial charge on any atom is -0.487 e. The molecular formula is C20H17F4N3O4. The predicted octanol–water partition coefficient (Wildman–Crippen LogP) is 4.66. The summed E-state index contributed by atoms with van der Waals surface area (Å²) in [7, 11) is 0. The fraction of sp³-hybridized carbons (Fsp3) is 0.200. The van der Waals surface area contributed by atoms with Gasteiger partial charge in [-0.3, -0.25) is 5.21 Å². The molecular weight excluding hydrogens is 422 g/mol. The van der Waals surface area contributed by atoms with Gasteiger partial charge in [0.15, 0.2) is 0 Å². The summed E-state index contributed by atoms with van der Waals surface area (Å²) in [5, 5.41) is 9.61. The maximum absolute atomic E-state index is 13.8. The number of carbonyl (C=O) groups is 1. The fourth-order valence-corrected chi connectivity index (χ4v) is 2.69. The number of amides is 2. The van der Waals surface area contributed by atoms with Gasteiger partial charge in [-0.15, -0.1) is 0 Å². The zero-order chi connectivity index (χ0) is 22.8. The average Bonchev–Trinajstić information content (AvgIpc) is 3.06. The Labute approximate surface area is 173 Å². The minimum atomic E-state index is -4.45. The number of rotatable bonds is 6. The number of aryl methyl sites for hydroxylation is 1. The Bertz CT molecular complexity index is 1080. The van der Waals surface area contributed by atoms with Gasteiger partial charge in [-0.2, -0.15) is 13.2 Å². The number of halogens is 4. The highest BCUT2D eigenvalue weighted by Gasteiger charge is 2.30. The lowest BCUT2D eigenvalue weighted by molar-refractivity contribution is -0.137. The number of nitrogens with zero attached hydrogens (tertiary/aromatic N) is 2. The summed E-state index contributed by atoms with van der Waals surface area (Å²) < 4.78 is 62.9. The van der Waals surface area contributed by atoms with Crippen molar-refractivity contribution in [2.45, 2.75) is 26.3 Å². The van der Waals surface area contributed by atoms with Crippen LogP contribution in [0.15, 0.2) is 46.9 Å². The standard InChI is InChI=1S/C20H17F4N3O4/c1-11-17(26-18(31-11)13-2-4-14(5-3-13)20(22,23)24)10-30-16-7-12(6-15(21)8-16)9-27(29)19(25)28/h2-8,29H,9-10H2,1H3,(H2,25,28). The van der Waals surface area contributed by atoms with Gasteiger partial charge in [0.1, 0.15) is 29.6 Å². The van der Waals surface area contributed by atoms with Crippen molar-refractivity contribution >= 4 is 6.03 Å². The van der Waals surface area contributed by atoms with Crippen molar-refractivity contribution in [3.05, 3.63) is 70.9 Å². The van der Waals surface area contributed by atoms with Crippen LogP contribution >= 0.6 is 0 Å². The van der Waals surface area contributed by atoms with Crippen LogP contribution in [-0.4, -0.2) is 21.3 Å². The third-order valence-electron chi connectivity index (χ3n) is 4.25. The van der Waals surface area contributed by atoms with E-state index >= 15 is 0 Å². The molecule has 0 aliphatic rings. The number of carbonyl (C=O) groups excluding carboxylic acids is 1. The molecule has 164 valence electrons. The molecule has 0 fully saturated rings. The summed E-state index contributed by atoms with van der Waals surface area (Å²) in [6.07, 6.45) is -4.45. The van der Waals surface area contributed by atoms with Crippen LogP contribution < -0.4 is 10.5 Å². The molecule has 7 nitrogen and oxygen atoms in total. The van der Waals surface area contributed by atoms with Gasteiger partial charge < -0.3 is 14.9 Å². The molecule has 11 heteroatoms. The number of nitrogens with two attached hydrogens (primary N) is 1. The van der Waals surface area contributed by atoms with Gasteiger partial charge in [-0.1, -0.05) is 0 Å². The molecule has 1 heterocycles. The van der Waals surface area contributed by atoms with Gasteiger partial charge >= 0.3 is 12.2 Å². The largest absolute Gasteiger partial charge is 0.487 e. The van der Waals surface area contributed by atoms with Crippen LogP contribution in [0.1, 0.15) is 22.6 Å². The van der Waals surface area contributed by atoms with Crippen molar-refractivity contribution < 1.29 is 36.7 Å². The average molecular weight is 439 g/mol. The second kappa shape index (κ2) is 8.64. The van der Waals surface area contributed by atoms with Crippen molar-refractivity contribution in [1.29, 1.82) is 0 Å². The number of alkyl halides is 3. The van der Waals surface area contributed by atoms with Crippen LogP contribution in [0.5, 0.6) is 5.75 Å². The van der Waals surface area contributed by atoms with E-state index in [0.29, 0.717) is 17.0 Å². The Morgan fingerprint density at radius 3 is 2.52 bits per heavy atom. The van der Waals surface area contributed by atoms with Crippen molar-refractivity contribution in [2.75, 3.05) is 0 Å². The fourth-order valence-electron chi connectivity index (χ4n) is 2.69. The molecule has 3 rings (SSSR count). The molecule has 0 saturated carbocycles. The second-order valence-corrected chi connectivity index (χ2v) is 6.58. The van der Waals surface area contributed by atoms with E-state index in [-0.39, 0.29) is 35.4 Å². The topological polar surface area (TPSA) is 102 Å². The number of aromatic nitrogens is 1. The number of benzene rings is 2. The highest BCUT2D eigenvalue weighted by molar-refractivity contribution is 5.70. The van der Waals surface area contributed by atoms with Crippen LogP contribution in [0, 0.1) is 12.7 Å². The number of hydrogen-bond donors (Lipinski definition) is 2. The molecule has 3 aromatic rings. The van der Waals surface area contributed by atoms with Gasteiger partial charge in [-0.25, -0.2) is 19.2 Å². The van der Waals surface area contributed by atoms with Gasteiger partial charge in [0, 0.05) is 11.6 Å². The van der Waals surface area contributed by atoms with E-state index in [1.807, 2.05) is 0 Å². The van der Waals surface area contributed by atoms with Gasteiger partial charge in [0.2, 0.25) is 5.89 Å². The first-order chi connectivity index (χ1) is 14.5. The van der Waals surface area contributed by atoms with E-state index in [4.69, 9.17) is 14.9 Å². The Kier molecular flexibility index (Phi) is 6.16. The Morgan fingerprint density at radius 1 is 1.23 bits per heavy atom. The molecule has 2 amide bonds. The Morgan fingerprint density at radius 2 is 1.90 bits per heavy atom. The maximum Gasteiger partial charge on any atom is 0.416 e. The van der Waals surface area contributed by atoms with Crippen molar-refractivity contribution in [1.82, 2.24) is 10.0 Å². The van der Waals surface area contributed by atoms with E-state index < -0.39 is 23.6 Å². The predicted molar refractivity (Wildman–Crippen MR) is 99.3 cm³/mol. The molecule has 31 heavy (non-hydrogen) atoms. The molecule has 0 spiro atoms. The summed E-state index contributed by atoms with van der Waals surface area (Å²) in [6, 6.07) is 6.85. The molecule has 2 aromatic carbocycles. The van der Waals surface area contributed by atoms with Crippen molar-refractivity contribution in [3.8, 4) is 17.2 Å². The van der Waals surface area contributed by atoms with Gasteiger partial charge in [-0.05, 0) is 48.9 Å². The van der Waals surface area contributed by atoms with E-state index in [0.717, 1.165) is 24.3 Å². The van der Waals surface area contributed by atoms with E-state index in [1.165, 1.54) is 18.2 Å². The minimum absolute atomic E-state index is 0.103. The Hall–Kier alpha value is -3.60. The molecule has 1 aromatic heterocycles. The summed E-state index contributed by atoms with van der Waals surface area (Å²) in [5.74, 6) is -0.0667.